The minimum absolute atomic E-state index is 0. The Bertz CT molecular complexity index is 492. The van der Waals surface area contributed by atoms with Crippen LogP contribution in [0.15, 0.2) is 24.3 Å². The third-order valence-corrected chi connectivity index (χ3v) is 4.09. The number of hydrogen-bond donors (Lipinski definition) is 2. The molecule has 0 radical (unpaired) electrons. The summed E-state index contributed by atoms with van der Waals surface area (Å²) < 4.78 is 10.9. The monoisotopic (exact) mass is 312 g/mol. The minimum Gasteiger partial charge on any atom is -0.491 e. The summed E-state index contributed by atoms with van der Waals surface area (Å²) in [4.78, 5) is 12.3. The van der Waals surface area contributed by atoms with Crippen LogP contribution in [-0.2, 0) is 9.53 Å². The van der Waals surface area contributed by atoms with Crippen molar-refractivity contribution in [1.82, 2.24) is 5.32 Å². The molecule has 2 aliphatic rings. The second kappa shape index (κ2) is 7.11. The van der Waals surface area contributed by atoms with Gasteiger partial charge in [-0.3, -0.25) is 4.79 Å². The first-order valence-corrected chi connectivity index (χ1v) is 7.11. The molecule has 1 amide bonds. The number of fused-ring (bicyclic) bond motifs is 1. The summed E-state index contributed by atoms with van der Waals surface area (Å²) in [5.41, 5.74) is 7.11. The number of rotatable bonds is 3. The van der Waals surface area contributed by atoms with Gasteiger partial charge in [0.05, 0.1) is 12.1 Å². The fourth-order valence-electron chi connectivity index (χ4n) is 2.84. The number of carbonyl (C=O) groups excluding carboxylic acids is 1. The lowest BCUT2D eigenvalue weighted by atomic mass is 9.91. The lowest BCUT2D eigenvalue weighted by molar-refractivity contribution is -0.125. The maximum atomic E-state index is 12.3. The molecule has 6 heteroatoms. The van der Waals surface area contributed by atoms with E-state index in [4.69, 9.17) is 15.2 Å². The highest BCUT2D eigenvalue weighted by Crippen LogP contribution is 2.31. The summed E-state index contributed by atoms with van der Waals surface area (Å²) in [7, 11) is 0. The van der Waals surface area contributed by atoms with E-state index in [1.165, 1.54) is 0 Å². The molecular formula is C15H21ClN2O3. The maximum Gasteiger partial charge on any atom is 0.237 e. The first-order valence-electron chi connectivity index (χ1n) is 7.11. The zero-order valence-electron chi connectivity index (χ0n) is 11.8. The average Bonchev–Trinajstić information content (AvgIpc) is 2.91. The number of carbonyl (C=O) groups is 1. The number of nitrogens with two attached hydrogens (primary N) is 1. The van der Waals surface area contributed by atoms with Crippen molar-refractivity contribution in [3.8, 4) is 5.75 Å². The quantitative estimate of drug-likeness (QED) is 0.885. The summed E-state index contributed by atoms with van der Waals surface area (Å²) in [6.07, 6.45) is 1.71. The van der Waals surface area contributed by atoms with Crippen LogP contribution < -0.4 is 15.8 Å². The van der Waals surface area contributed by atoms with Crippen molar-refractivity contribution in [2.24, 2.45) is 11.7 Å². The molecule has 1 aromatic carbocycles. The van der Waals surface area contributed by atoms with E-state index < -0.39 is 6.04 Å². The highest BCUT2D eigenvalue weighted by atomic mass is 35.5. The van der Waals surface area contributed by atoms with Crippen molar-refractivity contribution in [3.05, 3.63) is 29.8 Å². The average molecular weight is 313 g/mol. The molecule has 3 rings (SSSR count). The number of benzene rings is 1. The van der Waals surface area contributed by atoms with Gasteiger partial charge < -0.3 is 20.5 Å². The van der Waals surface area contributed by atoms with E-state index in [0.717, 1.165) is 24.2 Å². The molecule has 0 saturated carbocycles. The van der Waals surface area contributed by atoms with Crippen molar-refractivity contribution in [1.29, 1.82) is 0 Å². The second-order valence-corrected chi connectivity index (χ2v) is 5.39. The third-order valence-electron chi connectivity index (χ3n) is 4.09. The van der Waals surface area contributed by atoms with Crippen molar-refractivity contribution in [2.75, 3.05) is 19.8 Å². The third kappa shape index (κ3) is 3.48. The Morgan fingerprint density at radius 2 is 2.00 bits per heavy atom. The Hall–Kier alpha value is -1.30. The van der Waals surface area contributed by atoms with Crippen molar-refractivity contribution in [3.63, 3.8) is 0 Å². The van der Waals surface area contributed by atoms with E-state index >= 15 is 0 Å². The summed E-state index contributed by atoms with van der Waals surface area (Å²) >= 11 is 0. The van der Waals surface area contributed by atoms with Gasteiger partial charge in [-0.2, -0.15) is 0 Å². The Balaban J connectivity index is 0.00000161. The molecule has 1 aromatic rings. The molecule has 0 aliphatic carbocycles. The SMILES string of the molecule is Cl.NC(C(=O)NC1COc2ccccc21)C1CCOCC1. The van der Waals surface area contributed by atoms with Gasteiger partial charge in [0.2, 0.25) is 5.91 Å². The van der Waals surface area contributed by atoms with Gasteiger partial charge in [-0.15, -0.1) is 12.4 Å². The fourth-order valence-corrected chi connectivity index (χ4v) is 2.84. The van der Waals surface area contributed by atoms with Crippen LogP contribution in [0, 0.1) is 5.92 Å². The molecule has 0 aromatic heterocycles. The summed E-state index contributed by atoms with van der Waals surface area (Å²) in [6.45, 7) is 1.87. The molecule has 3 N–H and O–H groups in total. The van der Waals surface area contributed by atoms with E-state index in [0.29, 0.717) is 19.8 Å². The summed E-state index contributed by atoms with van der Waals surface area (Å²) in [5, 5.41) is 3.00. The molecule has 0 spiro atoms. The van der Waals surface area contributed by atoms with Gasteiger partial charge in [0, 0.05) is 18.8 Å². The zero-order chi connectivity index (χ0) is 13.9. The molecule has 2 unspecified atom stereocenters. The highest BCUT2D eigenvalue weighted by Gasteiger charge is 2.31. The molecule has 116 valence electrons. The van der Waals surface area contributed by atoms with Crippen LogP contribution in [-0.4, -0.2) is 31.8 Å². The van der Waals surface area contributed by atoms with Crippen LogP contribution in [0.5, 0.6) is 5.75 Å². The normalized spacial score (nSPS) is 22.6. The van der Waals surface area contributed by atoms with Gasteiger partial charge in [-0.05, 0) is 24.8 Å². The number of para-hydroxylation sites is 1. The van der Waals surface area contributed by atoms with Gasteiger partial charge in [0.25, 0.3) is 0 Å². The van der Waals surface area contributed by atoms with E-state index in [-0.39, 0.29) is 30.3 Å². The predicted molar refractivity (Wildman–Crippen MR) is 81.6 cm³/mol. The summed E-state index contributed by atoms with van der Waals surface area (Å²) in [6, 6.07) is 7.21. The first kappa shape index (κ1) is 16.1. The van der Waals surface area contributed by atoms with Gasteiger partial charge in [-0.1, -0.05) is 18.2 Å². The van der Waals surface area contributed by atoms with Crippen molar-refractivity contribution < 1.29 is 14.3 Å². The lowest BCUT2D eigenvalue weighted by Crippen LogP contribution is -2.48. The largest absolute Gasteiger partial charge is 0.491 e. The summed E-state index contributed by atoms with van der Waals surface area (Å²) in [5.74, 6) is 0.959. The van der Waals surface area contributed by atoms with Crippen LogP contribution in [0.2, 0.25) is 0 Å². The minimum atomic E-state index is -0.466. The standard InChI is InChI=1S/C15H20N2O3.ClH/c16-14(10-5-7-19-8-6-10)15(18)17-12-9-20-13-4-2-1-3-11(12)13;/h1-4,10,12,14H,5-9,16H2,(H,17,18);1H. The molecule has 21 heavy (non-hydrogen) atoms. The number of ether oxygens (including phenoxy) is 2. The molecule has 2 aliphatic heterocycles. The maximum absolute atomic E-state index is 12.3. The number of nitrogens with one attached hydrogen (secondary N) is 1. The van der Waals surface area contributed by atoms with Crippen molar-refractivity contribution in [2.45, 2.75) is 24.9 Å². The molecule has 5 nitrogen and oxygen atoms in total. The van der Waals surface area contributed by atoms with E-state index in [9.17, 15) is 4.79 Å². The highest BCUT2D eigenvalue weighted by molar-refractivity contribution is 5.85. The Kier molecular flexibility index (Phi) is 5.45. The number of hydrogen-bond acceptors (Lipinski definition) is 4. The fraction of sp³-hybridized carbons (Fsp3) is 0.533. The van der Waals surface area contributed by atoms with Gasteiger partial charge in [0.1, 0.15) is 12.4 Å². The Labute approximate surface area is 130 Å². The molecule has 1 fully saturated rings. The van der Waals surface area contributed by atoms with Gasteiger partial charge in [0.15, 0.2) is 0 Å². The van der Waals surface area contributed by atoms with E-state index in [2.05, 4.69) is 5.32 Å². The van der Waals surface area contributed by atoms with Crippen LogP contribution in [0.4, 0.5) is 0 Å². The topological polar surface area (TPSA) is 73.6 Å². The molecule has 2 heterocycles. The molecule has 0 bridgehead atoms. The molecular weight excluding hydrogens is 292 g/mol. The number of halogens is 1. The smallest absolute Gasteiger partial charge is 0.237 e. The molecule has 1 saturated heterocycles. The van der Waals surface area contributed by atoms with Crippen LogP contribution in [0.3, 0.4) is 0 Å². The van der Waals surface area contributed by atoms with Crippen molar-refractivity contribution >= 4 is 18.3 Å². The van der Waals surface area contributed by atoms with E-state index in [1.54, 1.807) is 0 Å². The zero-order valence-corrected chi connectivity index (χ0v) is 12.6. The predicted octanol–water partition coefficient (Wildman–Crippen LogP) is 1.41. The molecule has 2 atom stereocenters. The van der Waals surface area contributed by atoms with Gasteiger partial charge in [-0.25, -0.2) is 0 Å². The van der Waals surface area contributed by atoms with Crippen LogP contribution in [0.1, 0.15) is 24.4 Å². The first-order chi connectivity index (χ1) is 9.75. The van der Waals surface area contributed by atoms with Crippen LogP contribution >= 0.6 is 12.4 Å². The lowest BCUT2D eigenvalue weighted by Gasteiger charge is -2.27. The van der Waals surface area contributed by atoms with Crippen LogP contribution in [0.25, 0.3) is 0 Å². The second-order valence-electron chi connectivity index (χ2n) is 5.39. The van der Waals surface area contributed by atoms with E-state index in [1.807, 2.05) is 24.3 Å². The Morgan fingerprint density at radius 1 is 1.29 bits per heavy atom. The Morgan fingerprint density at radius 3 is 2.76 bits per heavy atom. The van der Waals surface area contributed by atoms with Gasteiger partial charge >= 0.3 is 0 Å². The number of amides is 1.